The molecule has 2 aliphatic carbocycles. The van der Waals surface area contributed by atoms with E-state index in [9.17, 15) is 9.59 Å². The number of carbonyl (C=O) groups excluding carboxylic acids is 1. The van der Waals surface area contributed by atoms with Gasteiger partial charge in [0.1, 0.15) is 6.29 Å². The van der Waals surface area contributed by atoms with Crippen molar-refractivity contribution in [2.24, 2.45) is 29.1 Å². The molecule has 134 valence electrons. The summed E-state index contributed by atoms with van der Waals surface area (Å²) in [6.07, 6.45) is 3.41. The molecule has 0 amide bonds. The van der Waals surface area contributed by atoms with Crippen LogP contribution in [0.3, 0.4) is 0 Å². The number of carbonyl (C=O) groups is 2. The van der Waals surface area contributed by atoms with Gasteiger partial charge in [-0.25, -0.2) is 0 Å². The number of fused-ring (bicyclic) bond motifs is 3. The molecule has 0 aromatic carbocycles. The van der Waals surface area contributed by atoms with Gasteiger partial charge < -0.3 is 14.6 Å². The normalized spacial score (nSPS) is 38.6. The Morgan fingerprint density at radius 3 is 2.79 bits per heavy atom. The van der Waals surface area contributed by atoms with E-state index < -0.39 is 18.2 Å². The highest BCUT2D eigenvalue weighted by atomic mass is 16.7. The van der Waals surface area contributed by atoms with Crippen molar-refractivity contribution >= 4 is 12.3 Å². The Bertz CT molecular complexity index is 564. The van der Waals surface area contributed by atoms with Gasteiger partial charge in [-0.1, -0.05) is 26.3 Å². The lowest BCUT2D eigenvalue weighted by Crippen LogP contribution is -2.31. The molecule has 0 aromatic rings. The summed E-state index contributed by atoms with van der Waals surface area (Å²) in [4.78, 5) is 22.9. The number of carboxylic acid groups (broad SMARTS) is 1. The zero-order valence-electron chi connectivity index (χ0n) is 15.0. The minimum Gasteiger partial charge on any atom is -0.481 e. The van der Waals surface area contributed by atoms with E-state index in [0.29, 0.717) is 11.8 Å². The van der Waals surface area contributed by atoms with Crippen LogP contribution in [0.2, 0.25) is 0 Å². The molecule has 24 heavy (non-hydrogen) atoms. The monoisotopic (exact) mass is 336 g/mol. The molecule has 1 heterocycles. The van der Waals surface area contributed by atoms with E-state index in [1.165, 1.54) is 5.57 Å². The third kappa shape index (κ3) is 3.04. The predicted molar refractivity (Wildman–Crippen MR) is 88.3 cm³/mol. The zero-order chi connectivity index (χ0) is 17.6. The second-order valence-electron chi connectivity index (χ2n) is 8.57. The molecule has 0 radical (unpaired) electrons. The first-order valence-electron chi connectivity index (χ1n) is 8.91. The average Bonchev–Trinajstić information content (AvgIpc) is 3.03. The summed E-state index contributed by atoms with van der Waals surface area (Å²) in [6, 6.07) is 0. The number of ether oxygens (including phenoxy) is 2. The van der Waals surface area contributed by atoms with Crippen LogP contribution in [0.15, 0.2) is 11.1 Å². The van der Waals surface area contributed by atoms with Gasteiger partial charge >= 0.3 is 5.97 Å². The van der Waals surface area contributed by atoms with E-state index in [1.54, 1.807) is 6.92 Å². The summed E-state index contributed by atoms with van der Waals surface area (Å²) in [5.41, 5.74) is 2.36. The van der Waals surface area contributed by atoms with Crippen molar-refractivity contribution in [3.63, 3.8) is 0 Å². The number of aliphatic carboxylic acids is 1. The quantitative estimate of drug-likeness (QED) is 0.781. The van der Waals surface area contributed by atoms with Gasteiger partial charge in [0.15, 0.2) is 6.29 Å². The number of rotatable bonds is 5. The Balaban J connectivity index is 1.85. The molecule has 2 fully saturated rings. The lowest BCUT2D eigenvalue weighted by atomic mass is 9.83. The number of allylic oxidation sites excluding steroid dienone is 1. The highest BCUT2D eigenvalue weighted by Gasteiger charge is 2.51. The molecular formula is C19H28O5. The first-order valence-corrected chi connectivity index (χ1v) is 8.91. The fourth-order valence-electron chi connectivity index (χ4n) is 4.68. The van der Waals surface area contributed by atoms with Crippen LogP contribution < -0.4 is 0 Å². The summed E-state index contributed by atoms with van der Waals surface area (Å²) < 4.78 is 11.9. The van der Waals surface area contributed by atoms with Crippen molar-refractivity contribution in [1.82, 2.24) is 0 Å². The van der Waals surface area contributed by atoms with Crippen molar-refractivity contribution < 1.29 is 24.2 Å². The summed E-state index contributed by atoms with van der Waals surface area (Å²) in [5, 5.41) is 9.02. The Hall–Kier alpha value is -1.20. The van der Waals surface area contributed by atoms with Crippen LogP contribution in [0.4, 0.5) is 0 Å². The van der Waals surface area contributed by atoms with Crippen LogP contribution >= 0.6 is 0 Å². The zero-order valence-corrected chi connectivity index (χ0v) is 15.0. The topological polar surface area (TPSA) is 72.8 Å². The first-order chi connectivity index (χ1) is 11.2. The largest absolute Gasteiger partial charge is 0.481 e. The van der Waals surface area contributed by atoms with E-state index in [0.717, 1.165) is 31.1 Å². The van der Waals surface area contributed by atoms with Crippen molar-refractivity contribution in [2.45, 2.75) is 59.4 Å². The van der Waals surface area contributed by atoms with Gasteiger partial charge in [-0.15, -0.1) is 0 Å². The molecule has 1 saturated heterocycles. The molecule has 2 bridgehead atoms. The SMILES string of the molecule is CC(CO[C@@H]1O[C@H]2C[C@@H]1C(C=O)=C1CC(C)(C)C[C@H]1[C@H]2C)C(=O)O. The van der Waals surface area contributed by atoms with Crippen molar-refractivity contribution in [1.29, 1.82) is 0 Å². The summed E-state index contributed by atoms with van der Waals surface area (Å²) in [7, 11) is 0. The summed E-state index contributed by atoms with van der Waals surface area (Å²) >= 11 is 0. The van der Waals surface area contributed by atoms with Crippen LogP contribution in [0, 0.1) is 29.1 Å². The Kier molecular flexibility index (Phi) is 4.60. The van der Waals surface area contributed by atoms with Crippen LogP contribution in [-0.4, -0.2) is 36.4 Å². The molecule has 5 nitrogen and oxygen atoms in total. The average molecular weight is 336 g/mol. The standard InChI is InChI=1S/C19H28O5/c1-10(17(21)22)9-23-18-12-5-16(24-18)11(2)13-6-19(3,4)7-14(13)15(12)8-20/h8,10-13,16,18H,5-7,9H2,1-4H3,(H,21,22)/t10?,11-,12-,13+,16+,18-/m1/s1. The number of carboxylic acids is 1. The lowest BCUT2D eigenvalue weighted by Gasteiger charge is -2.29. The minimum absolute atomic E-state index is 0.0650. The van der Waals surface area contributed by atoms with Crippen molar-refractivity contribution in [3.8, 4) is 0 Å². The van der Waals surface area contributed by atoms with E-state index in [-0.39, 0.29) is 24.0 Å². The first kappa shape index (κ1) is 17.6. The fraction of sp³-hybridized carbons (Fsp3) is 0.789. The molecule has 6 atom stereocenters. The molecule has 0 aromatic heterocycles. The maximum Gasteiger partial charge on any atom is 0.308 e. The molecular weight excluding hydrogens is 308 g/mol. The summed E-state index contributed by atoms with van der Waals surface area (Å²) in [5.74, 6) is -0.765. The van der Waals surface area contributed by atoms with E-state index >= 15 is 0 Å². The Morgan fingerprint density at radius 2 is 2.17 bits per heavy atom. The van der Waals surface area contributed by atoms with Gasteiger partial charge in [0.05, 0.1) is 18.6 Å². The Labute approximate surface area is 143 Å². The van der Waals surface area contributed by atoms with Crippen molar-refractivity contribution in [3.05, 3.63) is 11.1 Å². The molecule has 0 spiro atoms. The molecule has 3 aliphatic rings. The van der Waals surface area contributed by atoms with E-state index in [4.69, 9.17) is 14.6 Å². The maximum absolute atomic E-state index is 11.9. The van der Waals surface area contributed by atoms with Crippen LogP contribution in [0.25, 0.3) is 0 Å². The van der Waals surface area contributed by atoms with Crippen LogP contribution in [0.5, 0.6) is 0 Å². The molecule has 1 N–H and O–H groups in total. The van der Waals surface area contributed by atoms with E-state index in [2.05, 4.69) is 20.8 Å². The van der Waals surface area contributed by atoms with Gasteiger partial charge in [-0.3, -0.25) is 9.59 Å². The minimum atomic E-state index is -0.881. The molecule has 5 heteroatoms. The Morgan fingerprint density at radius 1 is 1.46 bits per heavy atom. The van der Waals surface area contributed by atoms with Gasteiger partial charge in [0.25, 0.3) is 0 Å². The summed E-state index contributed by atoms with van der Waals surface area (Å²) in [6.45, 7) is 8.45. The van der Waals surface area contributed by atoms with E-state index in [1.807, 2.05) is 0 Å². The van der Waals surface area contributed by atoms with Gasteiger partial charge in [0.2, 0.25) is 0 Å². The van der Waals surface area contributed by atoms with Crippen LogP contribution in [0.1, 0.15) is 47.0 Å². The second-order valence-corrected chi connectivity index (χ2v) is 8.57. The van der Waals surface area contributed by atoms with Crippen LogP contribution in [-0.2, 0) is 19.1 Å². The van der Waals surface area contributed by atoms with Gasteiger partial charge in [-0.2, -0.15) is 0 Å². The number of hydrogen-bond acceptors (Lipinski definition) is 4. The third-order valence-electron chi connectivity index (χ3n) is 6.06. The molecule has 1 aliphatic heterocycles. The highest BCUT2D eigenvalue weighted by Crippen LogP contribution is 2.55. The molecule has 1 unspecified atom stereocenters. The second kappa shape index (κ2) is 6.26. The molecule has 3 rings (SSSR count). The fourth-order valence-corrected chi connectivity index (χ4v) is 4.68. The lowest BCUT2D eigenvalue weighted by molar-refractivity contribution is -0.171. The van der Waals surface area contributed by atoms with Crippen molar-refractivity contribution in [2.75, 3.05) is 6.61 Å². The van der Waals surface area contributed by atoms with Gasteiger partial charge in [-0.05, 0) is 49.0 Å². The number of hydrogen-bond donors (Lipinski definition) is 1. The number of aldehydes is 1. The third-order valence-corrected chi connectivity index (χ3v) is 6.06. The highest BCUT2D eigenvalue weighted by molar-refractivity contribution is 5.76. The maximum atomic E-state index is 11.9. The predicted octanol–water partition coefficient (Wildman–Crippen LogP) is 3.04. The molecule has 1 saturated carbocycles. The van der Waals surface area contributed by atoms with Gasteiger partial charge in [0, 0.05) is 5.92 Å². The smallest absolute Gasteiger partial charge is 0.308 e.